The second-order valence-corrected chi connectivity index (χ2v) is 21.0. The first-order valence-electron chi connectivity index (χ1n) is 31.1. The van der Waals surface area contributed by atoms with Gasteiger partial charge in [0.05, 0.1) is 0 Å². The van der Waals surface area contributed by atoms with Crippen molar-refractivity contribution in [3.63, 3.8) is 0 Å². The monoisotopic (exact) mass is 995 g/mol. The van der Waals surface area contributed by atoms with E-state index in [0.29, 0.717) is 19.3 Å². The first-order chi connectivity index (χ1) is 35.0. The molecule has 0 bridgehead atoms. The van der Waals surface area contributed by atoms with E-state index in [1.54, 1.807) is 0 Å². The minimum atomic E-state index is -0.767. The van der Waals surface area contributed by atoms with Crippen LogP contribution in [0.2, 0.25) is 0 Å². The third-order valence-electron chi connectivity index (χ3n) is 13.8. The van der Waals surface area contributed by atoms with Crippen molar-refractivity contribution in [1.82, 2.24) is 0 Å². The van der Waals surface area contributed by atoms with Crippen LogP contribution in [0.1, 0.15) is 329 Å². The van der Waals surface area contributed by atoms with E-state index in [0.717, 1.165) is 83.5 Å². The standard InChI is InChI=1S/C65H118O6/c1-4-7-10-13-16-18-20-22-24-26-28-29-30-31-32-33-34-35-37-38-40-42-44-46-49-52-55-58-64(67)70-61-62(60-69-63(66)57-54-51-48-15-12-9-6-3)71-65(68)59-56-53-50-47-45-43-41-39-36-27-25-23-21-19-17-14-11-8-5-2/h7,10,16,18,22,24,28-29,62H,4-6,8-9,11-15,17,19-21,23,25-27,30-61H2,1-3H3/b10-7-,18-16-,24-22-,29-28-. The highest BCUT2D eigenvalue weighted by atomic mass is 16.6. The average Bonchev–Trinajstić information content (AvgIpc) is 3.37. The molecule has 0 radical (unpaired) electrons. The number of ether oxygens (including phenoxy) is 3. The van der Waals surface area contributed by atoms with Gasteiger partial charge in [-0.25, -0.2) is 0 Å². The largest absolute Gasteiger partial charge is 0.462 e. The topological polar surface area (TPSA) is 78.9 Å². The number of unbranched alkanes of at least 4 members (excludes halogenated alkanes) is 38. The lowest BCUT2D eigenvalue weighted by molar-refractivity contribution is -0.167. The molecule has 0 heterocycles. The Kier molecular flexibility index (Phi) is 57.7. The summed E-state index contributed by atoms with van der Waals surface area (Å²) in [5, 5.41) is 0. The molecule has 0 aliphatic heterocycles. The molecule has 0 aliphatic rings. The average molecular weight is 996 g/mol. The highest BCUT2D eigenvalue weighted by Gasteiger charge is 2.19. The lowest BCUT2D eigenvalue weighted by Crippen LogP contribution is -2.30. The van der Waals surface area contributed by atoms with E-state index in [-0.39, 0.29) is 31.1 Å². The van der Waals surface area contributed by atoms with Crippen molar-refractivity contribution < 1.29 is 28.6 Å². The van der Waals surface area contributed by atoms with Gasteiger partial charge in [0, 0.05) is 19.3 Å². The van der Waals surface area contributed by atoms with Gasteiger partial charge >= 0.3 is 17.9 Å². The van der Waals surface area contributed by atoms with Crippen molar-refractivity contribution in [3.05, 3.63) is 48.6 Å². The molecule has 0 aromatic heterocycles. The Labute approximate surface area is 441 Å². The molecule has 0 N–H and O–H groups in total. The second kappa shape index (κ2) is 59.9. The first kappa shape index (κ1) is 68.4. The zero-order chi connectivity index (χ0) is 51.4. The van der Waals surface area contributed by atoms with Gasteiger partial charge in [0.1, 0.15) is 13.2 Å². The fourth-order valence-electron chi connectivity index (χ4n) is 9.20. The molecule has 0 saturated heterocycles. The molecule has 0 rings (SSSR count). The van der Waals surface area contributed by atoms with Gasteiger partial charge in [0.25, 0.3) is 0 Å². The van der Waals surface area contributed by atoms with Crippen molar-refractivity contribution in [3.8, 4) is 0 Å². The van der Waals surface area contributed by atoms with Crippen molar-refractivity contribution in [1.29, 1.82) is 0 Å². The molecule has 0 saturated carbocycles. The van der Waals surface area contributed by atoms with E-state index in [9.17, 15) is 14.4 Å². The van der Waals surface area contributed by atoms with E-state index in [2.05, 4.69) is 69.4 Å². The van der Waals surface area contributed by atoms with Gasteiger partial charge in [-0.2, -0.15) is 0 Å². The maximum Gasteiger partial charge on any atom is 0.306 e. The predicted molar refractivity (Wildman–Crippen MR) is 307 cm³/mol. The normalized spacial score (nSPS) is 12.3. The zero-order valence-electron chi connectivity index (χ0n) is 47.5. The summed E-state index contributed by atoms with van der Waals surface area (Å²) in [6.07, 6.45) is 74.3. The SMILES string of the molecule is CC/C=C\C/C=C\C/C=C\C/C=C\CCCCCCCCCCCCCCCCC(=O)OCC(COC(=O)CCCCCCCCC)OC(=O)CCCCCCCCCCCCCCCCCCCCC. The molecule has 6 heteroatoms. The third kappa shape index (κ3) is 58.1. The number of hydrogen-bond acceptors (Lipinski definition) is 6. The molecule has 71 heavy (non-hydrogen) atoms. The van der Waals surface area contributed by atoms with Crippen molar-refractivity contribution in [2.24, 2.45) is 0 Å². The molecule has 0 aromatic carbocycles. The Hall–Kier alpha value is -2.63. The smallest absolute Gasteiger partial charge is 0.306 e. The van der Waals surface area contributed by atoms with Crippen LogP contribution >= 0.6 is 0 Å². The Balaban J connectivity index is 4.08. The summed E-state index contributed by atoms with van der Waals surface area (Å²) in [5.41, 5.74) is 0. The Morgan fingerprint density at radius 3 is 0.859 bits per heavy atom. The van der Waals surface area contributed by atoms with Crippen LogP contribution in [0.3, 0.4) is 0 Å². The summed E-state index contributed by atoms with van der Waals surface area (Å²) in [6, 6.07) is 0. The van der Waals surface area contributed by atoms with E-state index >= 15 is 0 Å². The summed E-state index contributed by atoms with van der Waals surface area (Å²) in [6.45, 7) is 6.53. The van der Waals surface area contributed by atoms with Crippen LogP contribution < -0.4 is 0 Å². The van der Waals surface area contributed by atoms with Gasteiger partial charge in [-0.3, -0.25) is 14.4 Å². The minimum absolute atomic E-state index is 0.0681. The summed E-state index contributed by atoms with van der Waals surface area (Å²) in [5.74, 6) is -0.855. The summed E-state index contributed by atoms with van der Waals surface area (Å²) >= 11 is 0. The van der Waals surface area contributed by atoms with Crippen LogP contribution in [0.15, 0.2) is 48.6 Å². The molecule has 0 spiro atoms. The van der Waals surface area contributed by atoms with Gasteiger partial charge in [0.15, 0.2) is 6.10 Å². The number of carbonyl (C=O) groups is 3. The van der Waals surface area contributed by atoms with Gasteiger partial charge in [-0.05, 0) is 57.8 Å². The zero-order valence-corrected chi connectivity index (χ0v) is 47.5. The van der Waals surface area contributed by atoms with Crippen LogP contribution in [0, 0.1) is 0 Å². The minimum Gasteiger partial charge on any atom is -0.462 e. The molecular weight excluding hydrogens is 877 g/mol. The number of hydrogen-bond donors (Lipinski definition) is 0. The van der Waals surface area contributed by atoms with Crippen molar-refractivity contribution >= 4 is 17.9 Å². The fourth-order valence-corrected chi connectivity index (χ4v) is 9.20. The van der Waals surface area contributed by atoms with Crippen molar-refractivity contribution in [2.75, 3.05) is 13.2 Å². The van der Waals surface area contributed by atoms with Crippen LogP contribution in [0.5, 0.6) is 0 Å². The molecule has 0 amide bonds. The second-order valence-electron chi connectivity index (χ2n) is 21.0. The van der Waals surface area contributed by atoms with Crippen LogP contribution in [0.25, 0.3) is 0 Å². The Bertz CT molecular complexity index is 1230. The molecule has 1 unspecified atom stereocenters. The first-order valence-corrected chi connectivity index (χ1v) is 31.1. The molecule has 0 aliphatic carbocycles. The summed E-state index contributed by atoms with van der Waals surface area (Å²) in [7, 11) is 0. The predicted octanol–water partition coefficient (Wildman–Crippen LogP) is 21.0. The van der Waals surface area contributed by atoms with E-state index in [1.807, 2.05) is 0 Å². The van der Waals surface area contributed by atoms with E-state index < -0.39 is 6.10 Å². The molecule has 1 atom stereocenters. The van der Waals surface area contributed by atoms with E-state index in [1.165, 1.54) is 205 Å². The Morgan fingerprint density at radius 1 is 0.296 bits per heavy atom. The highest BCUT2D eigenvalue weighted by molar-refractivity contribution is 5.71. The quantitative estimate of drug-likeness (QED) is 0.0261. The lowest BCUT2D eigenvalue weighted by atomic mass is 10.0. The summed E-state index contributed by atoms with van der Waals surface area (Å²) in [4.78, 5) is 38.0. The maximum atomic E-state index is 12.8. The number of rotatable bonds is 57. The van der Waals surface area contributed by atoms with Crippen LogP contribution in [-0.4, -0.2) is 37.2 Å². The van der Waals surface area contributed by atoms with Gasteiger partial charge in [0.2, 0.25) is 0 Å². The molecule has 414 valence electrons. The highest BCUT2D eigenvalue weighted by Crippen LogP contribution is 2.17. The lowest BCUT2D eigenvalue weighted by Gasteiger charge is -2.18. The molecular formula is C65H118O6. The number of allylic oxidation sites excluding steroid dienone is 8. The van der Waals surface area contributed by atoms with E-state index in [4.69, 9.17) is 14.2 Å². The van der Waals surface area contributed by atoms with Crippen LogP contribution in [0.4, 0.5) is 0 Å². The number of carbonyl (C=O) groups excluding carboxylic acids is 3. The van der Waals surface area contributed by atoms with Crippen LogP contribution in [-0.2, 0) is 28.6 Å². The third-order valence-corrected chi connectivity index (χ3v) is 13.8. The number of esters is 3. The van der Waals surface area contributed by atoms with Crippen molar-refractivity contribution in [2.45, 2.75) is 335 Å². The molecule has 0 aromatic rings. The van der Waals surface area contributed by atoms with Gasteiger partial charge < -0.3 is 14.2 Å². The summed E-state index contributed by atoms with van der Waals surface area (Å²) < 4.78 is 16.8. The Morgan fingerprint density at radius 2 is 0.549 bits per heavy atom. The maximum absolute atomic E-state index is 12.8. The molecule has 0 fully saturated rings. The fraction of sp³-hybridized carbons (Fsp3) is 0.831. The van der Waals surface area contributed by atoms with Gasteiger partial charge in [-0.15, -0.1) is 0 Å². The molecule has 6 nitrogen and oxygen atoms in total. The van der Waals surface area contributed by atoms with Gasteiger partial charge in [-0.1, -0.05) is 301 Å².